The third-order valence-corrected chi connectivity index (χ3v) is 4.72. The lowest BCUT2D eigenvalue weighted by atomic mass is 9.89. The van der Waals surface area contributed by atoms with E-state index in [4.69, 9.17) is 12.2 Å². The van der Waals surface area contributed by atoms with Gasteiger partial charge in [-0.2, -0.15) is 0 Å². The zero-order chi connectivity index (χ0) is 14.5. The molecule has 0 atom stereocenters. The van der Waals surface area contributed by atoms with Crippen LogP contribution in [0.25, 0.3) is 0 Å². The van der Waals surface area contributed by atoms with E-state index in [2.05, 4.69) is 26.6 Å². The maximum absolute atomic E-state index is 12.1. The quantitative estimate of drug-likeness (QED) is 0.783. The van der Waals surface area contributed by atoms with E-state index in [0.717, 1.165) is 41.4 Å². The minimum atomic E-state index is 0.0519. The van der Waals surface area contributed by atoms with Gasteiger partial charge in [-0.25, -0.2) is 0 Å². The van der Waals surface area contributed by atoms with Crippen molar-refractivity contribution in [2.45, 2.75) is 39.0 Å². The third kappa shape index (κ3) is 4.28. The normalized spacial score (nSPS) is 15.7. The van der Waals surface area contributed by atoms with Crippen LogP contribution in [-0.4, -0.2) is 11.0 Å². The first-order chi connectivity index (χ1) is 9.56. The SMILES string of the molecule is Cc1cc(NC(=S)NC(=O)C2CCCCC2)ccc1Br. The third-order valence-electron chi connectivity index (χ3n) is 3.63. The predicted molar refractivity (Wildman–Crippen MR) is 89.8 cm³/mol. The van der Waals surface area contributed by atoms with Gasteiger partial charge >= 0.3 is 0 Å². The Morgan fingerprint density at radius 1 is 1.30 bits per heavy atom. The lowest BCUT2D eigenvalue weighted by Gasteiger charge is -2.21. The van der Waals surface area contributed by atoms with Crippen LogP contribution in [0, 0.1) is 12.8 Å². The minimum Gasteiger partial charge on any atom is -0.332 e. The van der Waals surface area contributed by atoms with Crippen molar-refractivity contribution in [3.8, 4) is 0 Å². The summed E-state index contributed by atoms with van der Waals surface area (Å²) < 4.78 is 1.06. The van der Waals surface area contributed by atoms with Crippen LogP contribution in [-0.2, 0) is 4.79 Å². The van der Waals surface area contributed by atoms with Gasteiger partial charge in [0.1, 0.15) is 0 Å². The topological polar surface area (TPSA) is 41.1 Å². The highest BCUT2D eigenvalue weighted by Crippen LogP contribution is 2.24. The summed E-state index contributed by atoms with van der Waals surface area (Å²) >= 11 is 8.66. The second-order valence-corrected chi connectivity index (χ2v) is 6.50. The molecule has 1 aromatic rings. The van der Waals surface area contributed by atoms with Crippen LogP contribution >= 0.6 is 28.1 Å². The molecule has 3 nitrogen and oxygen atoms in total. The molecule has 108 valence electrons. The van der Waals surface area contributed by atoms with Crippen molar-refractivity contribution in [1.29, 1.82) is 0 Å². The Morgan fingerprint density at radius 3 is 2.65 bits per heavy atom. The van der Waals surface area contributed by atoms with Crippen molar-refractivity contribution in [2.75, 3.05) is 5.32 Å². The standard InChI is InChI=1S/C15H19BrN2OS/c1-10-9-12(7-8-13(10)16)17-15(20)18-14(19)11-5-3-2-4-6-11/h7-9,11H,2-6H2,1H3,(H2,17,18,19,20). The summed E-state index contributed by atoms with van der Waals surface area (Å²) in [5.74, 6) is 0.172. The Labute approximate surface area is 133 Å². The molecule has 0 heterocycles. The highest BCUT2D eigenvalue weighted by atomic mass is 79.9. The van der Waals surface area contributed by atoms with E-state index in [1.807, 2.05) is 25.1 Å². The number of halogens is 1. The average Bonchev–Trinajstić information content (AvgIpc) is 2.44. The van der Waals surface area contributed by atoms with Gasteiger partial charge in [0, 0.05) is 16.1 Å². The molecule has 1 amide bonds. The lowest BCUT2D eigenvalue weighted by Crippen LogP contribution is -2.39. The van der Waals surface area contributed by atoms with E-state index < -0.39 is 0 Å². The first-order valence-electron chi connectivity index (χ1n) is 6.94. The molecule has 1 aliphatic rings. The Bertz CT molecular complexity index is 513. The number of hydrogen-bond acceptors (Lipinski definition) is 2. The number of nitrogens with one attached hydrogen (secondary N) is 2. The van der Waals surface area contributed by atoms with Crippen molar-refractivity contribution in [3.63, 3.8) is 0 Å². The van der Waals surface area contributed by atoms with Gasteiger partial charge in [-0.1, -0.05) is 35.2 Å². The van der Waals surface area contributed by atoms with E-state index in [0.29, 0.717) is 5.11 Å². The van der Waals surface area contributed by atoms with Crippen LogP contribution in [0.4, 0.5) is 5.69 Å². The fraction of sp³-hybridized carbons (Fsp3) is 0.467. The zero-order valence-electron chi connectivity index (χ0n) is 11.5. The van der Waals surface area contributed by atoms with Gasteiger partial charge < -0.3 is 10.6 Å². The molecule has 20 heavy (non-hydrogen) atoms. The Balaban J connectivity index is 1.88. The predicted octanol–water partition coefficient (Wildman–Crippen LogP) is 4.15. The number of amides is 1. The van der Waals surface area contributed by atoms with Crippen molar-refractivity contribution in [1.82, 2.24) is 5.32 Å². The fourth-order valence-electron chi connectivity index (χ4n) is 2.46. The van der Waals surface area contributed by atoms with E-state index in [-0.39, 0.29) is 11.8 Å². The van der Waals surface area contributed by atoms with Crippen LogP contribution in [0.1, 0.15) is 37.7 Å². The van der Waals surface area contributed by atoms with Crippen LogP contribution in [0.15, 0.2) is 22.7 Å². The van der Waals surface area contributed by atoms with Gasteiger partial charge in [-0.3, -0.25) is 4.79 Å². The first-order valence-corrected chi connectivity index (χ1v) is 8.14. The molecule has 2 N–H and O–H groups in total. The molecule has 0 radical (unpaired) electrons. The molecule has 0 bridgehead atoms. The fourth-order valence-corrected chi connectivity index (χ4v) is 2.93. The molecule has 1 aliphatic carbocycles. The van der Waals surface area contributed by atoms with E-state index in [9.17, 15) is 4.79 Å². The summed E-state index contributed by atoms with van der Waals surface area (Å²) in [7, 11) is 0. The highest BCUT2D eigenvalue weighted by Gasteiger charge is 2.21. The number of carbonyl (C=O) groups is 1. The number of hydrogen-bond donors (Lipinski definition) is 2. The molecule has 0 aliphatic heterocycles. The molecule has 1 fully saturated rings. The molecule has 1 aromatic carbocycles. The molecule has 0 saturated heterocycles. The second kappa shape index (κ2) is 7.18. The molecule has 1 saturated carbocycles. The number of carbonyl (C=O) groups excluding carboxylic acids is 1. The number of anilines is 1. The zero-order valence-corrected chi connectivity index (χ0v) is 13.9. The van der Waals surface area contributed by atoms with Crippen LogP contribution in [0.3, 0.4) is 0 Å². The maximum atomic E-state index is 12.1. The van der Waals surface area contributed by atoms with Crippen molar-refractivity contribution in [2.24, 2.45) is 5.92 Å². The van der Waals surface area contributed by atoms with E-state index >= 15 is 0 Å². The molecule has 0 spiro atoms. The second-order valence-electron chi connectivity index (χ2n) is 5.24. The van der Waals surface area contributed by atoms with Gasteiger partial charge in [-0.05, 0) is 55.7 Å². The van der Waals surface area contributed by atoms with Crippen molar-refractivity contribution in [3.05, 3.63) is 28.2 Å². The van der Waals surface area contributed by atoms with Crippen LogP contribution < -0.4 is 10.6 Å². The number of rotatable bonds is 2. The molecule has 0 unspecified atom stereocenters. The van der Waals surface area contributed by atoms with Crippen LogP contribution in [0.2, 0.25) is 0 Å². The summed E-state index contributed by atoms with van der Waals surface area (Å²) in [6.07, 6.45) is 5.48. The van der Waals surface area contributed by atoms with Gasteiger partial charge in [0.2, 0.25) is 5.91 Å². The summed E-state index contributed by atoms with van der Waals surface area (Å²) in [5.41, 5.74) is 2.01. The molecule has 0 aromatic heterocycles. The summed E-state index contributed by atoms with van der Waals surface area (Å²) in [5, 5.41) is 6.24. The lowest BCUT2D eigenvalue weighted by molar-refractivity contribution is -0.124. The number of thiocarbonyl (C=S) groups is 1. The average molecular weight is 355 g/mol. The molecular formula is C15H19BrN2OS. The minimum absolute atomic E-state index is 0.0519. The molecular weight excluding hydrogens is 336 g/mol. The Morgan fingerprint density at radius 2 is 2.00 bits per heavy atom. The van der Waals surface area contributed by atoms with Crippen molar-refractivity contribution >= 4 is 44.9 Å². The van der Waals surface area contributed by atoms with E-state index in [1.54, 1.807) is 0 Å². The Kier molecular flexibility index (Phi) is 5.54. The molecule has 5 heteroatoms. The number of benzene rings is 1. The van der Waals surface area contributed by atoms with Gasteiger partial charge in [0.15, 0.2) is 5.11 Å². The Hall–Kier alpha value is -0.940. The number of aryl methyl sites for hydroxylation is 1. The first kappa shape index (κ1) is 15.4. The smallest absolute Gasteiger partial charge is 0.229 e. The van der Waals surface area contributed by atoms with Gasteiger partial charge in [0.05, 0.1) is 0 Å². The summed E-state index contributed by atoms with van der Waals surface area (Å²) in [6.45, 7) is 2.01. The summed E-state index contributed by atoms with van der Waals surface area (Å²) in [4.78, 5) is 12.1. The largest absolute Gasteiger partial charge is 0.332 e. The highest BCUT2D eigenvalue weighted by molar-refractivity contribution is 9.10. The molecule has 2 rings (SSSR count). The summed E-state index contributed by atoms with van der Waals surface area (Å²) in [6, 6.07) is 5.88. The van der Waals surface area contributed by atoms with Crippen molar-refractivity contribution < 1.29 is 4.79 Å². The van der Waals surface area contributed by atoms with Gasteiger partial charge in [-0.15, -0.1) is 0 Å². The maximum Gasteiger partial charge on any atom is 0.229 e. The van der Waals surface area contributed by atoms with E-state index in [1.165, 1.54) is 6.42 Å². The van der Waals surface area contributed by atoms with Gasteiger partial charge in [0.25, 0.3) is 0 Å². The monoisotopic (exact) mass is 354 g/mol. The van der Waals surface area contributed by atoms with Crippen LogP contribution in [0.5, 0.6) is 0 Å².